The Hall–Kier alpha value is -2.96. The van der Waals surface area contributed by atoms with Crippen LogP contribution in [-0.2, 0) is 11.0 Å². The van der Waals surface area contributed by atoms with E-state index in [1.807, 2.05) is 0 Å². The van der Waals surface area contributed by atoms with Crippen molar-refractivity contribution in [3.63, 3.8) is 0 Å². The molecule has 2 aromatic carbocycles. The number of amides is 1. The molecule has 0 bridgehead atoms. The lowest BCUT2D eigenvalue weighted by molar-refractivity contribution is -0.138. The number of benzene rings is 2. The number of fused-ring (bicyclic) bond motifs is 1. The van der Waals surface area contributed by atoms with E-state index >= 15 is 0 Å². The molecule has 0 saturated heterocycles. The van der Waals surface area contributed by atoms with E-state index in [1.54, 1.807) is 24.3 Å². The highest BCUT2D eigenvalue weighted by molar-refractivity contribution is 6.31. The van der Waals surface area contributed by atoms with Crippen molar-refractivity contribution in [1.29, 1.82) is 0 Å². The summed E-state index contributed by atoms with van der Waals surface area (Å²) in [5.74, 6) is -0.571. The first kappa shape index (κ1) is 15.9. The normalized spacial score (nSPS) is 15.2. The highest BCUT2D eigenvalue weighted by atomic mass is 19.4. The molecule has 0 radical (unpaired) electrons. The van der Waals surface area contributed by atoms with Gasteiger partial charge >= 0.3 is 6.18 Å². The number of para-hydroxylation sites is 1. The van der Waals surface area contributed by atoms with E-state index in [0.29, 0.717) is 16.8 Å². The maximum atomic E-state index is 13.0. The van der Waals surface area contributed by atoms with Crippen molar-refractivity contribution in [2.75, 3.05) is 17.7 Å². The smallest absolute Gasteiger partial charge is 0.420 e. The number of anilines is 2. The number of alkyl halides is 3. The summed E-state index contributed by atoms with van der Waals surface area (Å²) in [6.45, 7) is 0. The maximum Gasteiger partial charge on any atom is 0.420 e. The molecule has 1 aliphatic rings. The summed E-state index contributed by atoms with van der Waals surface area (Å²) >= 11 is 0. The molecule has 1 aliphatic heterocycles. The summed E-state index contributed by atoms with van der Waals surface area (Å²) in [4.78, 5) is 12.0. The summed E-state index contributed by atoms with van der Waals surface area (Å²) in [6.07, 6.45) is -3.14. The quantitative estimate of drug-likeness (QED) is 0.830. The fourth-order valence-electron chi connectivity index (χ4n) is 2.46. The van der Waals surface area contributed by atoms with Crippen molar-refractivity contribution < 1.29 is 22.7 Å². The van der Waals surface area contributed by atoms with Crippen molar-refractivity contribution in [3.05, 3.63) is 59.8 Å². The molecule has 1 heterocycles. The Morgan fingerprint density at radius 1 is 1.17 bits per heavy atom. The van der Waals surface area contributed by atoms with Gasteiger partial charge in [0.1, 0.15) is 5.75 Å². The number of halogens is 3. The van der Waals surface area contributed by atoms with Crippen molar-refractivity contribution in [2.45, 2.75) is 6.18 Å². The minimum atomic E-state index is -4.53. The SMILES string of the molecule is COc1ccc(NC=C2C(=O)Nc3ccccc32)cc1C(F)(F)F. The van der Waals surface area contributed by atoms with Gasteiger partial charge in [0.05, 0.1) is 18.2 Å². The van der Waals surface area contributed by atoms with Crippen LogP contribution in [0.15, 0.2) is 48.7 Å². The summed E-state index contributed by atoms with van der Waals surface area (Å²) in [5.41, 5.74) is 1.04. The minimum Gasteiger partial charge on any atom is -0.496 e. The van der Waals surface area contributed by atoms with E-state index < -0.39 is 11.7 Å². The second kappa shape index (κ2) is 5.92. The standard InChI is InChI=1S/C17H13F3N2O2/c1-24-15-7-6-10(8-13(15)17(18,19)20)21-9-12-11-4-2-3-5-14(11)22-16(12)23/h2-9,21H,1H3,(H,22,23). The summed E-state index contributed by atoms with van der Waals surface area (Å²) in [6, 6.07) is 10.7. The highest BCUT2D eigenvalue weighted by Crippen LogP contribution is 2.38. The number of methoxy groups -OCH3 is 1. The Kier molecular flexibility index (Phi) is 3.92. The third kappa shape index (κ3) is 2.92. The average Bonchev–Trinajstić information content (AvgIpc) is 2.87. The van der Waals surface area contributed by atoms with Crippen LogP contribution >= 0.6 is 0 Å². The molecule has 24 heavy (non-hydrogen) atoms. The van der Waals surface area contributed by atoms with Crippen molar-refractivity contribution in [2.24, 2.45) is 0 Å². The molecule has 4 nitrogen and oxygen atoms in total. The van der Waals surface area contributed by atoms with Gasteiger partial charge in [-0.1, -0.05) is 18.2 Å². The summed E-state index contributed by atoms with van der Waals surface area (Å²) < 4.78 is 43.8. The molecular weight excluding hydrogens is 321 g/mol. The Morgan fingerprint density at radius 2 is 1.92 bits per heavy atom. The molecule has 2 N–H and O–H groups in total. The van der Waals surface area contributed by atoms with Crippen LogP contribution in [0, 0.1) is 0 Å². The molecule has 7 heteroatoms. The van der Waals surface area contributed by atoms with E-state index in [0.717, 1.165) is 6.07 Å². The number of carbonyl (C=O) groups excluding carboxylic acids is 1. The molecular formula is C17H13F3N2O2. The van der Waals surface area contributed by atoms with E-state index in [9.17, 15) is 18.0 Å². The first-order valence-corrected chi connectivity index (χ1v) is 7.03. The van der Waals surface area contributed by atoms with Gasteiger partial charge in [-0.15, -0.1) is 0 Å². The van der Waals surface area contributed by atoms with E-state index in [1.165, 1.54) is 25.4 Å². The highest BCUT2D eigenvalue weighted by Gasteiger charge is 2.34. The number of carbonyl (C=O) groups is 1. The van der Waals surface area contributed by atoms with Crippen molar-refractivity contribution in [3.8, 4) is 5.75 Å². The average molecular weight is 334 g/mol. The fraction of sp³-hybridized carbons (Fsp3) is 0.118. The van der Waals surface area contributed by atoms with Crippen LogP contribution in [0.4, 0.5) is 24.5 Å². The molecule has 0 atom stereocenters. The first-order valence-electron chi connectivity index (χ1n) is 7.03. The van der Waals surface area contributed by atoms with Crippen LogP contribution in [0.2, 0.25) is 0 Å². The third-order valence-corrected chi connectivity index (χ3v) is 3.60. The number of rotatable bonds is 3. The largest absolute Gasteiger partial charge is 0.496 e. The zero-order valence-electron chi connectivity index (χ0n) is 12.6. The lowest BCUT2D eigenvalue weighted by Crippen LogP contribution is -2.08. The Balaban J connectivity index is 1.91. The Labute approximate surface area is 135 Å². The van der Waals surface area contributed by atoms with Gasteiger partial charge in [0.25, 0.3) is 5.91 Å². The number of ether oxygens (including phenoxy) is 1. The van der Waals surface area contributed by atoms with Gasteiger partial charge in [0.2, 0.25) is 0 Å². The van der Waals surface area contributed by atoms with Gasteiger partial charge in [-0.25, -0.2) is 0 Å². The number of hydrogen-bond acceptors (Lipinski definition) is 3. The van der Waals surface area contributed by atoms with Gasteiger partial charge < -0.3 is 15.4 Å². The van der Waals surface area contributed by atoms with Crippen LogP contribution in [0.3, 0.4) is 0 Å². The summed E-state index contributed by atoms with van der Waals surface area (Å²) in [7, 11) is 1.18. The molecule has 0 unspecified atom stereocenters. The van der Waals surface area contributed by atoms with E-state index in [-0.39, 0.29) is 17.3 Å². The predicted molar refractivity (Wildman–Crippen MR) is 84.7 cm³/mol. The predicted octanol–water partition coefficient (Wildman–Crippen LogP) is 4.12. The van der Waals surface area contributed by atoms with Crippen LogP contribution in [0.5, 0.6) is 5.75 Å². The zero-order chi connectivity index (χ0) is 17.3. The fourth-order valence-corrected chi connectivity index (χ4v) is 2.46. The third-order valence-electron chi connectivity index (χ3n) is 3.60. The van der Waals surface area contributed by atoms with Gasteiger partial charge in [-0.2, -0.15) is 13.2 Å². The van der Waals surface area contributed by atoms with E-state index in [2.05, 4.69) is 10.6 Å². The molecule has 2 aromatic rings. The minimum absolute atomic E-state index is 0.202. The Bertz CT molecular complexity index is 829. The molecule has 0 spiro atoms. The first-order chi connectivity index (χ1) is 11.4. The van der Waals surface area contributed by atoms with Crippen LogP contribution in [-0.4, -0.2) is 13.0 Å². The molecule has 0 fully saturated rings. The number of nitrogens with one attached hydrogen (secondary N) is 2. The molecule has 1 amide bonds. The van der Waals surface area contributed by atoms with Gasteiger partial charge in [-0.05, 0) is 24.3 Å². The topological polar surface area (TPSA) is 50.4 Å². The maximum absolute atomic E-state index is 13.0. The second-order valence-electron chi connectivity index (χ2n) is 5.11. The molecule has 0 aliphatic carbocycles. The van der Waals surface area contributed by atoms with Crippen LogP contribution < -0.4 is 15.4 Å². The van der Waals surface area contributed by atoms with Crippen molar-refractivity contribution >= 4 is 22.9 Å². The summed E-state index contributed by atoms with van der Waals surface area (Å²) in [5, 5.41) is 5.43. The molecule has 124 valence electrons. The van der Waals surface area contributed by atoms with Crippen LogP contribution in [0.25, 0.3) is 5.57 Å². The zero-order valence-corrected chi connectivity index (χ0v) is 12.6. The van der Waals surface area contributed by atoms with Gasteiger partial charge in [0.15, 0.2) is 0 Å². The second-order valence-corrected chi connectivity index (χ2v) is 5.11. The Morgan fingerprint density at radius 3 is 2.62 bits per heavy atom. The van der Waals surface area contributed by atoms with Crippen molar-refractivity contribution in [1.82, 2.24) is 0 Å². The molecule has 3 rings (SSSR count). The van der Waals surface area contributed by atoms with E-state index in [4.69, 9.17) is 4.74 Å². The van der Waals surface area contributed by atoms with Crippen LogP contribution in [0.1, 0.15) is 11.1 Å². The monoisotopic (exact) mass is 334 g/mol. The number of hydrogen-bond donors (Lipinski definition) is 2. The molecule has 0 aromatic heterocycles. The lowest BCUT2D eigenvalue weighted by Gasteiger charge is -2.13. The van der Waals surface area contributed by atoms with Gasteiger partial charge in [-0.3, -0.25) is 4.79 Å². The molecule has 0 saturated carbocycles. The lowest BCUT2D eigenvalue weighted by atomic mass is 10.1. The van der Waals surface area contributed by atoms with Gasteiger partial charge in [0, 0.05) is 23.1 Å².